The lowest BCUT2D eigenvalue weighted by Gasteiger charge is -1.90. The number of hydrogen-bond acceptors (Lipinski definition) is 2. The summed E-state index contributed by atoms with van der Waals surface area (Å²) in [4.78, 5) is 20.3. The van der Waals surface area contributed by atoms with Crippen LogP contribution in [0.4, 0.5) is 0 Å². The van der Waals surface area contributed by atoms with E-state index in [2.05, 4.69) is 0 Å². The predicted octanol–water partition coefficient (Wildman–Crippen LogP) is 0.589. The minimum atomic E-state index is -0.684. The Morgan fingerprint density at radius 1 is 0.875 bits per heavy atom. The third-order valence-electron chi connectivity index (χ3n) is 0.798. The topological polar surface area (TPSA) is 34.1 Å². The molecule has 0 bridgehead atoms. The molecular weight excluding hydrogens is 151 g/mol. The van der Waals surface area contributed by atoms with Crippen LogP contribution >= 0.6 is 23.2 Å². The molecule has 1 rings (SSSR count). The summed E-state index contributed by atoms with van der Waals surface area (Å²) in [6.07, 6.45) is 0. The van der Waals surface area contributed by atoms with E-state index in [4.69, 9.17) is 23.2 Å². The Balaban J connectivity index is 3.48. The van der Waals surface area contributed by atoms with Crippen molar-refractivity contribution in [2.45, 2.75) is 0 Å². The molecule has 8 heavy (non-hydrogen) atoms. The Kier molecular flexibility index (Phi) is 1.14. The molecule has 0 unspecified atom stereocenters. The van der Waals surface area contributed by atoms with Crippen LogP contribution in [0.2, 0.25) is 10.0 Å². The SMILES string of the molecule is O=c1c(Cl)c(Cl)c1=O. The van der Waals surface area contributed by atoms with Gasteiger partial charge in [-0.2, -0.15) is 0 Å². The average Bonchev–Trinajstić information content (AvgIpc) is 1.83. The summed E-state index contributed by atoms with van der Waals surface area (Å²) in [5.41, 5.74) is -1.37. The smallest absolute Gasteiger partial charge is 0.247 e. The molecule has 0 fully saturated rings. The van der Waals surface area contributed by atoms with Crippen LogP contribution in [0.25, 0.3) is 0 Å². The largest absolute Gasteiger partial charge is 0.284 e. The molecule has 0 spiro atoms. The number of rotatable bonds is 0. The van der Waals surface area contributed by atoms with E-state index in [-0.39, 0.29) is 10.0 Å². The first-order valence-electron chi connectivity index (χ1n) is 1.79. The standard InChI is InChI=1S/C4Cl2O2/c5-1-2(6)4(8)3(1)7. The molecule has 0 heterocycles. The second-order valence-corrected chi connectivity index (χ2v) is 2.04. The van der Waals surface area contributed by atoms with Gasteiger partial charge in [0.05, 0.1) is 0 Å². The van der Waals surface area contributed by atoms with E-state index in [9.17, 15) is 9.59 Å². The van der Waals surface area contributed by atoms with E-state index in [1.54, 1.807) is 0 Å². The Morgan fingerprint density at radius 2 is 1.12 bits per heavy atom. The van der Waals surface area contributed by atoms with Crippen LogP contribution in [-0.2, 0) is 0 Å². The molecular formula is C4Cl2O2. The molecule has 1 aromatic rings. The van der Waals surface area contributed by atoms with E-state index >= 15 is 0 Å². The fraction of sp³-hybridized carbons (Fsp3) is 0. The minimum Gasteiger partial charge on any atom is -0.284 e. The quantitative estimate of drug-likeness (QED) is 0.508. The second kappa shape index (κ2) is 1.57. The van der Waals surface area contributed by atoms with Crippen LogP contribution in [0, 0.1) is 0 Å². The molecule has 0 aliphatic heterocycles. The van der Waals surface area contributed by atoms with Crippen molar-refractivity contribution in [3.05, 3.63) is 30.5 Å². The molecule has 0 amide bonds. The third kappa shape index (κ3) is 0.501. The van der Waals surface area contributed by atoms with E-state index in [0.717, 1.165) is 0 Å². The molecule has 0 aliphatic carbocycles. The van der Waals surface area contributed by atoms with Gasteiger partial charge in [-0.3, -0.25) is 9.59 Å². The molecule has 1 aromatic carbocycles. The van der Waals surface area contributed by atoms with Crippen molar-refractivity contribution in [1.29, 1.82) is 0 Å². The Bertz CT molecular complexity index is 252. The normalized spacial score (nSPS) is 10.2. The molecule has 0 saturated heterocycles. The molecule has 2 nitrogen and oxygen atoms in total. The maximum absolute atomic E-state index is 10.1. The van der Waals surface area contributed by atoms with Crippen molar-refractivity contribution in [3.8, 4) is 0 Å². The molecule has 4 heteroatoms. The number of hydrogen-bond donors (Lipinski definition) is 0. The van der Waals surface area contributed by atoms with Gasteiger partial charge in [0, 0.05) is 0 Å². The van der Waals surface area contributed by atoms with Gasteiger partial charge in [0.15, 0.2) is 0 Å². The van der Waals surface area contributed by atoms with Gasteiger partial charge in [-0.25, -0.2) is 0 Å². The monoisotopic (exact) mass is 150 g/mol. The van der Waals surface area contributed by atoms with Gasteiger partial charge in [-0.15, -0.1) is 0 Å². The Morgan fingerprint density at radius 3 is 1.25 bits per heavy atom. The average molecular weight is 151 g/mol. The molecule has 42 valence electrons. The van der Waals surface area contributed by atoms with E-state index in [1.165, 1.54) is 0 Å². The Hall–Kier alpha value is -0.340. The van der Waals surface area contributed by atoms with Gasteiger partial charge < -0.3 is 0 Å². The first kappa shape index (κ1) is 5.79. The highest BCUT2D eigenvalue weighted by Crippen LogP contribution is 2.12. The molecule has 0 radical (unpaired) electrons. The van der Waals surface area contributed by atoms with Crippen molar-refractivity contribution in [2.75, 3.05) is 0 Å². The van der Waals surface area contributed by atoms with Crippen molar-refractivity contribution < 1.29 is 0 Å². The third-order valence-corrected chi connectivity index (χ3v) is 1.62. The second-order valence-electron chi connectivity index (χ2n) is 1.29. The zero-order chi connectivity index (χ0) is 6.31. The Labute approximate surface area is 54.3 Å². The lowest BCUT2D eigenvalue weighted by molar-refractivity contribution is 1.42. The van der Waals surface area contributed by atoms with Crippen LogP contribution in [0.3, 0.4) is 0 Å². The fourth-order valence-electron chi connectivity index (χ4n) is 0.336. The van der Waals surface area contributed by atoms with Crippen LogP contribution in [0.1, 0.15) is 0 Å². The van der Waals surface area contributed by atoms with Crippen molar-refractivity contribution in [3.63, 3.8) is 0 Å². The summed E-state index contributed by atoms with van der Waals surface area (Å²) < 4.78 is 0. The summed E-state index contributed by atoms with van der Waals surface area (Å²) in [7, 11) is 0. The van der Waals surface area contributed by atoms with Crippen molar-refractivity contribution in [2.24, 2.45) is 0 Å². The van der Waals surface area contributed by atoms with E-state index in [1.807, 2.05) is 0 Å². The van der Waals surface area contributed by atoms with Gasteiger partial charge in [0.25, 0.3) is 0 Å². The lowest BCUT2D eigenvalue weighted by atomic mass is 10.3. The van der Waals surface area contributed by atoms with Gasteiger partial charge in [-0.05, 0) is 0 Å². The van der Waals surface area contributed by atoms with Crippen LogP contribution in [0.15, 0.2) is 9.59 Å². The number of halogens is 2. The zero-order valence-electron chi connectivity index (χ0n) is 3.57. The van der Waals surface area contributed by atoms with Crippen molar-refractivity contribution >= 4 is 23.2 Å². The van der Waals surface area contributed by atoms with Crippen LogP contribution < -0.4 is 10.9 Å². The first-order chi connectivity index (χ1) is 3.64. The molecule has 0 saturated carbocycles. The molecule has 0 aromatic heterocycles. The highest BCUT2D eigenvalue weighted by molar-refractivity contribution is 6.43. The summed E-state index contributed by atoms with van der Waals surface area (Å²) >= 11 is 10.2. The maximum Gasteiger partial charge on any atom is 0.247 e. The summed E-state index contributed by atoms with van der Waals surface area (Å²) in [6.45, 7) is 0. The van der Waals surface area contributed by atoms with Crippen LogP contribution in [0.5, 0.6) is 0 Å². The van der Waals surface area contributed by atoms with E-state index in [0.29, 0.717) is 0 Å². The summed E-state index contributed by atoms with van der Waals surface area (Å²) in [5.74, 6) is 0. The minimum absolute atomic E-state index is 0.142. The highest BCUT2D eigenvalue weighted by atomic mass is 35.5. The van der Waals surface area contributed by atoms with Gasteiger partial charge in [-0.1, -0.05) is 23.2 Å². The predicted molar refractivity (Wildman–Crippen MR) is 31.4 cm³/mol. The van der Waals surface area contributed by atoms with Crippen molar-refractivity contribution in [1.82, 2.24) is 0 Å². The maximum atomic E-state index is 10.1. The summed E-state index contributed by atoms with van der Waals surface area (Å²) in [6, 6.07) is 0. The van der Waals surface area contributed by atoms with Gasteiger partial charge in [0.1, 0.15) is 10.0 Å². The van der Waals surface area contributed by atoms with E-state index < -0.39 is 10.9 Å². The molecule has 0 aliphatic rings. The fourth-order valence-corrected chi connectivity index (χ4v) is 0.679. The van der Waals surface area contributed by atoms with Crippen LogP contribution in [-0.4, -0.2) is 0 Å². The lowest BCUT2D eigenvalue weighted by Crippen LogP contribution is -2.31. The molecule has 0 N–H and O–H groups in total. The first-order valence-corrected chi connectivity index (χ1v) is 2.54. The summed E-state index contributed by atoms with van der Waals surface area (Å²) in [5, 5.41) is -0.284. The highest BCUT2D eigenvalue weighted by Gasteiger charge is 2.15. The zero-order valence-corrected chi connectivity index (χ0v) is 5.08. The van der Waals surface area contributed by atoms with Gasteiger partial charge in [0.2, 0.25) is 10.9 Å². The molecule has 0 atom stereocenters. The van der Waals surface area contributed by atoms with Gasteiger partial charge >= 0.3 is 0 Å².